The van der Waals surface area contributed by atoms with Crippen molar-refractivity contribution in [3.8, 4) is 22.2 Å². The van der Waals surface area contributed by atoms with E-state index in [4.69, 9.17) is 23.9 Å². The number of phenols is 1. The van der Waals surface area contributed by atoms with E-state index in [-0.39, 0.29) is 12.1 Å². The summed E-state index contributed by atoms with van der Waals surface area (Å²) >= 11 is 1.77. The maximum Gasteiger partial charge on any atom is 0.162 e. The van der Waals surface area contributed by atoms with E-state index in [2.05, 4.69) is 113 Å². The first-order valence-electron chi connectivity index (χ1n) is 23.7. The number of benzene rings is 4. The molecule has 9 rings (SSSR count). The number of aliphatic imine (C=N–C) groups is 1. The van der Waals surface area contributed by atoms with Crippen LogP contribution in [0.25, 0.3) is 5.00 Å². The summed E-state index contributed by atoms with van der Waals surface area (Å²) in [6, 6.07) is 29.7. The summed E-state index contributed by atoms with van der Waals surface area (Å²) in [5.41, 5.74) is 12.3. The summed E-state index contributed by atoms with van der Waals surface area (Å²) in [6.45, 7) is 17.5. The van der Waals surface area contributed by atoms with Crippen LogP contribution in [0, 0.1) is 20.8 Å². The van der Waals surface area contributed by atoms with Gasteiger partial charge in [-0.05, 0) is 148 Å². The molecule has 0 radical (unpaired) electrons. The van der Waals surface area contributed by atoms with E-state index in [0.717, 1.165) is 110 Å². The van der Waals surface area contributed by atoms with Crippen molar-refractivity contribution in [2.24, 2.45) is 4.99 Å². The van der Waals surface area contributed by atoms with Crippen LogP contribution in [0.2, 0.25) is 0 Å². The van der Waals surface area contributed by atoms with E-state index in [1.54, 1.807) is 18.4 Å². The van der Waals surface area contributed by atoms with Gasteiger partial charge < -0.3 is 33.9 Å². The zero-order chi connectivity index (χ0) is 45.7. The van der Waals surface area contributed by atoms with Crippen molar-refractivity contribution >= 4 is 22.7 Å². The Morgan fingerprint density at radius 1 is 0.848 bits per heavy atom. The normalized spacial score (nSPS) is 18.0. The minimum atomic E-state index is -0.114. The standard InChI is InChI=1S/C54H64N6O5S/c1-7-59(50-32-47(62-6)20-21-49(50)44-13-12-43-31-45(61)17-14-42(43)30-44)33-40-10-8-39(9-11-40)22-24-58-25-23-48(34-58)65-29-27-63-26-28-64-46-18-15-41(16-19-46)52-51-35(2)37(4)66-54(51)60-38(5)56-57-53(60)36(3)55-52/h8-11,14-21,31-32,36,44,48,61H,7,12-13,22-30,33-34H2,1-6H3/t36-,44?,48+/m0/s1. The van der Waals surface area contributed by atoms with Crippen molar-refractivity contribution in [1.29, 1.82) is 0 Å². The first-order chi connectivity index (χ1) is 32.1. The lowest BCUT2D eigenvalue weighted by Gasteiger charge is -2.32. The summed E-state index contributed by atoms with van der Waals surface area (Å²) in [6.07, 6.45) is 5.33. The number of fused-ring (bicyclic) bond motifs is 4. The second-order valence-electron chi connectivity index (χ2n) is 18.0. The molecule has 4 aromatic carbocycles. The monoisotopic (exact) mass is 908 g/mol. The fourth-order valence-electron chi connectivity index (χ4n) is 9.88. The van der Waals surface area contributed by atoms with Gasteiger partial charge in [-0.25, -0.2) is 0 Å². The van der Waals surface area contributed by atoms with Gasteiger partial charge in [0, 0.05) is 60.5 Å². The summed E-state index contributed by atoms with van der Waals surface area (Å²) in [4.78, 5) is 11.4. The molecule has 2 aliphatic heterocycles. The van der Waals surface area contributed by atoms with Gasteiger partial charge in [-0.3, -0.25) is 9.56 Å². The number of methoxy groups -OCH3 is 1. The highest BCUT2D eigenvalue weighted by molar-refractivity contribution is 7.15. The van der Waals surface area contributed by atoms with Crippen molar-refractivity contribution in [3.63, 3.8) is 0 Å². The van der Waals surface area contributed by atoms with Crippen LogP contribution >= 0.6 is 11.3 Å². The Labute approximate surface area is 394 Å². The molecular formula is C54H64N6O5S. The molecule has 66 heavy (non-hydrogen) atoms. The number of phenolic OH excluding ortho intramolecular Hbond substituents is 1. The highest BCUT2D eigenvalue weighted by atomic mass is 32.1. The Morgan fingerprint density at radius 3 is 2.44 bits per heavy atom. The molecule has 12 heteroatoms. The minimum absolute atomic E-state index is 0.114. The molecule has 346 valence electrons. The van der Waals surface area contributed by atoms with Crippen LogP contribution in [-0.2, 0) is 35.3 Å². The van der Waals surface area contributed by atoms with Crippen LogP contribution < -0.4 is 14.4 Å². The largest absolute Gasteiger partial charge is 0.508 e. The first-order valence-corrected chi connectivity index (χ1v) is 24.5. The topological polar surface area (TPSA) is 107 Å². The van der Waals surface area contributed by atoms with E-state index in [0.29, 0.717) is 38.1 Å². The zero-order valence-electron chi connectivity index (χ0n) is 39.4. The molecule has 6 aromatic rings. The number of hydrogen-bond acceptors (Lipinski definition) is 11. The Morgan fingerprint density at radius 2 is 1.64 bits per heavy atom. The fourth-order valence-corrected chi connectivity index (χ4v) is 11.1. The molecule has 1 saturated heterocycles. The molecule has 11 nitrogen and oxygen atoms in total. The average molecular weight is 909 g/mol. The van der Waals surface area contributed by atoms with Gasteiger partial charge in [0.2, 0.25) is 0 Å². The molecule has 1 N–H and O–H groups in total. The molecule has 2 aromatic heterocycles. The average Bonchev–Trinajstić information content (AvgIpc) is 4.02. The highest BCUT2D eigenvalue weighted by Gasteiger charge is 2.30. The number of ether oxygens (including phenoxy) is 4. The van der Waals surface area contributed by atoms with Crippen molar-refractivity contribution in [3.05, 3.63) is 146 Å². The number of rotatable bonds is 18. The Kier molecular flexibility index (Phi) is 14.2. The predicted octanol–water partition coefficient (Wildman–Crippen LogP) is 9.91. The maximum atomic E-state index is 10.0. The van der Waals surface area contributed by atoms with E-state index in [1.807, 2.05) is 31.2 Å². The Balaban J connectivity index is 0.685. The molecule has 1 aliphatic carbocycles. The number of anilines is 1. The van der Waals surface area contributed by atoms with Crippen LogP contribution in [0.15, 0.2) is 89.9 Å². The van der Waals surface area contributed by atoms with Crippen LogP contribution in [0.5, 0.6) is 17.2 Å². The number of thiophene rings is 1. The van der Waals surface area contributed by atoms with Crippen molar-refractivity contribution in [2.75, 3.05) is 64.6 Å². The smallest absolute Gasteiger partial charge is 0.162 e. The minimum Gasteiger partial charge on any atom is -0.508 e. The number of nitrogens with zero attached hydrogens (tertiary/aromatic N) is 6. The maximum absolute atomic E-state index is 10.0. The number of aromatic nitrogens is 3. The Bertz CT molecular complexity index is 2640. The number of aryl methyl sites for hydroxylation is 3. The van der Waals surface area contributed by atoms with E-state index < -0.39 is 0 Å². The molecular weight excluding hydrogens is 845 g/mol. The molecule has 0 bridgehead atoms. The third-order valence-electron chi connectivity index (χ3n) is 13.7. The summed E-state index contributed by atoms with van der Waals surface area (Å²) in [5, 5.41) is 20.0. The molecule has 3 aliphatic rings. The molecule has 1 fully saturated rings. The lowest BCUT2D eigenvalue weighted by atomic mass is 9.79. The van der Waals surface area contributed by atoms with Gasteiger partial charge in [0.15, 0.2) is 5.82 Å². The van der Waals surface area contributed by atoms with Gasteiger partial charge in [-0.1, -0.05) is 36.4 Å². The number of hydrogen-bond donors (Lipinski definition) is 1. The van der Waals surface area contributed by atoms with Crippen LogP contribution in [0.1, 0.15) is 99.7 Å². The molecule has 0 amide bonds. The van der Waals surface area contributed by atoms with Crippen molar-refractivity contribution in [2.45, 2.75) is 91.3 Å². The number of likely N-dealkylation sites (tertiary alicyclic amines) is 1. The number of aromatic hydroxyl groups is 1. The predicted molar refractivity (Wildman–Crippen MR) is 264 cm³/mol. The quantitative estimate of drug-likeness (QED) is 0.0844. The summed E-state index contributed by atoms with van der Waals surface area (Å²) < 4.78 is 26.0. The second kappa shape index (κ2) is 20.5. The fraction of sp³-hybridized carbons (Fsp3) is 0.426. The lowest BCUT2D eigenvalue weighted by molar-refractivity contribution is 0.00324. The van der Waals surface area contributed by atoms with Gasteiger partial charge >= 0.3 is 0 Å². The SMILES string of the molecule is CCN(Cc1ccc(CCN2CC[C@@H](OCCOCCOc3ccc(C4=N[C@@H](C)c5nnc(C)n5-c5sc(C)c(C)c54)cc3)C2)cc1)c1cc(OC)ccc1C1CCc2cc(O)ccc2C1. The second-order valence-corrected chi connectivity index (χ2v) is 19.2. The van der Waals surface area contributed by atoms with Gasteiger partial charge in [0.05, 0.1) is 38.7 Å². The molecule has 4 heterocycles. The van der Waals surface area contributed by atoms with Crippen molar-refractivity contribution < 1.29 is 24.1 Å². The highest BCUT2D eigenvalue weighted by Crippen LogP contribution is 2.41. The summed E-state index contributed by atoms with van der Waals surface area (Å²) in [5.74, 6) is 4.22. The van der Waals surface area contributed by atoms with Crippen LogP contribution in [0.4, 0.5) is 5.69 Å². The molecule has 0 saturated carbocycles. The van der Waals surface area contributed by atoms with Gasteiger partial charge in [-0.2, -0.15) is 0 Å². The molecule has 0 spiro atoms. The Hall–Kier alpha value is -5.53. The van der Waals surface area contributed by atoms with Gasteiger partial charge in [0.25, 0.3) is 0 Å². The lowest BCUT2D eigenvalue weighted by Crippen LogP contribution is -2.26. The van der Waals surface area contributed by atoms with E-state index in [9.17, 15) is 5.11 Å². The third kappa shape index (κ3) is 10.1. The third-order valence-corrected chi connectivity index (χ3v) is 14.9. The molecule has 3 atom stereocenters. The van der Waals surface area contributed by atoms with E-state index >= 15 is 0 Å². The van der Waals surface area contributed by atoms with Crippen LogP contribution in [0.3, 0.4) is 0 Å². The van der Waals surface area contributed by atoms with Gasteiger partial charge in [0.1, 0.15) is 40.7 Å². The zero-order valence-corrected chi connectivity index (χ0v) is 40.2. The van der Waals surface area contributed by atoms with Gasteiger partial charge in [-0.15, -0.1) is 21.5 Å². The summed E-state index contributed by atoms with van der Waals surface area (Å²) in [7, 11) is 1.74. The van der Waals surface area contributed by atoms with Crippen molar-refractivity contribution in [1.82, 2.24) is 19.7 Å². The van der Waals surface area contributed by atoms with Crippen LogP contribution in [-0.4, -0.2) is 96.3 Å². The molecule has 1 unspecified atom stereocenters. The first kappa shape index (κ1) is 45.6. The van der Waals surface area contributed by atoms with E-state index in [1.165, 1.54) is 43.9 Å².